The Labute approximate surface area is 116 Å². The van der Waals surface area contributed by atoms with Gasteiger partial charge < -0.3 is 15.7 Å². The van der Waals surface area contributed by atoms with E-state index in [1.165, 1.54) is 18.2 Å². The van der Waals surface area contributed by atoms with E-state index in [-0.39, 0.29) is 35.5 Å². The third-order valence-electron chi connectivity index (χ3n) is 3.61. The maximum Gasteiger partial charge on any atom is 0.292 e. The number of nitro benzene ring substituents is 1. The molecule has 1 heterocycles. The quantitative estimate of drug-likeness (QED) is 0.490. The first-order valence-electron chi connectivity index (χ1n) is 6.51. The molecule has 7 nitrogen and oxygen atoms in total. The summed E-state index contributed by atoms with van der Waals surface area (Å²) < 4.78 is 0. The maximum absolute atomic E-state index is 12.5. The van der Waals surface area contributed by atoms with E-state index >= 15 is 0 Å². The number of nitrogens with two attached hydrogens (primary N) is 1. The van der Waals surface area contributed by atoms with Crippen LogP contribution in [0.2, 0.25) is 0 Å². The lowest BCUT2D eigenvalue weighted by molar-refractivity contribution is -0.383. The molecule has 2 rings (SSSR count). The summed E-state index contributed by atoms with van der Waals surface area (Å²) in [7, 11) is 0. The van der Waals surface area contributed by atoms with Crippen molar-refractivity contribution in [2.24, 2.45) is 0 Å². The summed E-state index contributed by atoms with van der Waals surface area (Å²) in [5, 5.41) is 20.2. The number of nitro groups is 1. The molecule has 20 heavy (non-hydrogen) atoms. The van der Waals surface area contributed by atoms with Gasteiger partial charge in [0.15, 0.2) is 0 Å². The van der Waals surface area contributed by atoms with Gasteiger partial charge >= 0.3 is 0 Å². The summed E-state index contributed by atoms with van der Waals surface area (Å²) in [6, 6.07) is 3.95. The van der Waals surface area contributed by atoms with Gasteiger partial charge in [-0.25, -0.2) is 0 Å². The van der Waals surface area contributed by atoms with Crippen molar-refractivity contribution in [2.45, 2.75) is 25.3 Å². The molecule has 0 spiro atoms. The summed E-state index contributed by atoms with van der Waals surface area (Å²) in [6.07, 6.45) is 2.55. The number of carbonyl (C=O) groups is 1. The van der Waals surface area contributed by atoms with Crippen LogP contribution < -0.4 is 5.73 Å². The highest BCUT2D eigenvalue weighted by atomic mass is 16.6. The topological polar surface area (TPSA) is 110 Å². The largest absolute Gasteiger partial charge is 0.394 e. The zero-order valence-electron chi connectivity index (χ0n) is 11.0. The predicted molar refractivity (Wildman–Crippen MR) is 73.3 cm³/mol. The van der Waals surface area contributed by atoms with E-state index in [0.717, 1.165) is 19.3 Å². The van der Waals surface area contributed by atoms with Crippen molar-refractivity contribution in [1.82, 2.24) is 4.90 Å². The molecule has 3 N–H and O–H groups in total. The van der Waals surface area contributed by atoms with Gasteiger partial charge in [0.1, 0.15) is 5.69 Å². The fraction of sp³-hybridized carbons (Fsp3) is 0.462. The number of rotatable bonds is 3. The second kappa shape index (κ2) is 5.87. The standard InChI is InChI=1S/C13H17N3O4/c14-12-10(5-3-6-11(12)16(19)20)13(18)15-7-2-1-4-9(15)8-17/h3,5-6,9,17H,1-2,4,7-8,14H2. The van der Waals surface area contributed by atoms with Crippen molar-refractivity contribution in [1.29, 1.82) is 0 Å². The summed E-state index contributed by atoms with van der Waals surface area (Å²) in [5.74, 6) is -0.357. The minimum Gasteiger partial charge on any atom is -0.394 e. The van der Waals surface area contributed by atoms with E-state index in [1.807, 2.05) is 0 Å². The Kier molecular flexibility index (Phi) is 4.19. The van der Waals surface area contributed by atoms with Gasteiger partial charge in [0.2, 0.25) is 0 Å². The van der Waals surface area contributed by atoms with E-state index < -0.39 is 4.92 Å². The molecule has 1 aliphatic heterocycles. The number of aliphatic hydroxyl groups excluding tert-OH is 1. The number of hydrogen-bond donors (Lipinski definition) is 2. The monoisotopic (exact) mass is 279 g/mol. The second-order valence-electron chi connectivity index (χ2n) is 4.83. The SMILES string of the molecule is Nc1c(C(=O)N2CCCCC2CO)cccc1[N+](=O)[O-]. The molecule has 1 aliphatic rings. The van der Waals surface area contributed by atoms with Gasteiger partial charge in [-0.2, -0.15) is 0 Å². The zero-order valence-corrected chi connectivity index (χ0v) is 11.0. The molecular weight excluding hydrogens is 262 g/mol. The van der Waals surface area contributed by atoms with Gasteiger partial charge in [0, 0.05) is 12.6 Å². The van der Waals surface area contributed by atoms with Crippen LogP contribution in [0.4, 0.5) is 11.4 Å². The molecule has 7 heteroatoms. The molecule has 1 amide bonds. The smallest absolute Gasteiger partial charge is 0.292 e. The number of carbonyl (C=O) groups excluding carboxylic acids is 1. The van der Waals surface area contributed by atoms with Crippen molar-refractivity contribution in [3.8, 4) is 0 Å². The second-order valence-corrected chi connectivity index (χ2v) is 4.83. The molecule has 1 atom stereocenters. The van der Waals surface area contributed by atoms with Crippen molar-refractivity contribution < 1.29 is 14.8 Å². The molecule has 0 aromatic heterocycles. The Morgan fingerprint density at radius 2 is 2.25 bits per heavy atom. The number of aliphatic hydroxyl groups is 1. The molecule has 1 saturated heterocycles. The summed E-state index contributed by atoms with van der Waals surface area (Å²) in [4.78, 5) is 24.3. The Morgan fingerprint density at radius 1 is 1.50 bits per heavy atom. The summed E-state index contributed by atoms with van der Waals surface area (Å²) in [6.45, 7) is 0.423. The third-order valence-corrected chi connectivity index (χ3v) is 3.61. The fourth-order valence-corrected chi connectivity index (χ4v) is 2.51. The van der Waals surface area contributed by atoms with Crippen LogP contribution in [0.25, 0.3) is 0 Å². The van der Waals surface area contributed by atoms with Gasteiger partial charge in [-0.15, -0.1) is 0 Å². The number of likely N-dealkylation sites (tertiary alicyclic amines) is 1. The highest BCUT2D eigenvalue weighted by Gasteiger charge is 2.29. The number of hydrogen-bond acceptors (Lipinski definition) is 5. The van der Waals surface area contributed by atoms with E-state index in [0.29, 0.717) is 6.54 Å². The van der Waals surface area contributed by atoms with Gasteiger partial charge in [0.25, 0.3) is 11.6 Å². The normalized spacial score (nSPS) is 18.9. The van der Waals surface area contributed by atoms with E-state index in [9.17, 15) is 20.0 Å². The first-order chi connectivity index (χ1) is 9.56. The lowest BCUT2D eigenvalue weighted by Gasteiger charge is -2.34. The Bertz CT molecular complexity index is 532. The molecule has 0 bridgehead atoms. The summed E-state index contributed by atoms with van der Waals surface area (Å²) in [5.41, 5.74) is 5.46. The summed E-state index contributed by atoms with van der Waals surface area (Å²) >= 11 is 0. The Balaban J connectivity index is 2.33. The number of para-hydroxylation sites is 1. The third kappa shape index (κ3) is 2.57. The van der Waals surface area contributed by atoms with Crippen LogP contribution in [-0.4, -0.2) is 40.0 Å². The van der Waals surface area contributed by atoms with Gasteiger partial charge in [-0.05, 0) is 25.3 Å². The van der Waals surface area contributed by atoms with Crippen molar-refractivity contribution in [3.05, 3.63) is 33.9 Å². The molecule has 0 aliphatic carbocycles. The molecule has 1 aromatic carbocycles. The first kappa shape index (κ1) is 14.3. The van der Waals surface area contributed by atoms with Crippen molar-refractivity contribution >= 4 is 17.3 Å². The van der Waals surface area contributed by atoms with Gasteiger partial charge in [-0.3, -0.25) is 14.9 Å². The van der Waals surface area contributed by atoms with Crippen LogP contribution in [0.1, 0.15) is 29.6 Å². The number of piperidine rings is 1. The number of anilines is 1. The van der Waals surface area contributed by atoms with E-state index in [4.69, 9.17) is 5.73 Å². The predicted octanol–water partition coefficient (Wildman–Crippen LogP) is 1.16. The highest BCUT2D eigenvalue weighted by Crippen LogP contribution is 2.28. The average molecular weight is 279 g/mol. The highest BCUT2D eigenvalue weighted by molar-refractivity contribution is 6.01. The van der Waals surface area contributed by atoms with Crippen LogP contribution in [-0.2, 0) is 0 Å². The van der Waals surface area contributed by atoms with Crippen LogP contribution in [0.5, 0.6) is 0 Å². The molecule has 0 saturated carbocycles. The molecule has 108 valence electrons. The van der Waals surface area contributed by atoms with Gasteiger partial charge in [0.05, 0.1) is 23.1 Å². The number of nitrogen functional groups attached to an aromatic ring is 1. The molecule has 1 fully saturated rings. The van der Waals surface area contributed by atoms with E-state index in [2.05, 4.69) is 0 Å². The number of nitrogens with zero attached hydrogens (tertiary/aromatic N) is 2. The fourth-order valence-electron chi connectivity index (χ4n) is 2.51. The average Bonchev–Trinajstić information content (AvgIpc) is 2.46. The zero-order chi connectivity index (χ0) is 14.7. The Hall–Kier alpha value is -2.15. The van der Waals surface area contributed by atoms with Crippen LogP contribution in [0, 0.1) is 10.1 Å². The minimum absolute atomic E-state index is 0.111. The van der Waals surface area contributed by atoms with Crippen LogP contribution in [0.3, 0.4) is 0 Å². The van der Waals surface area contributed by atoms with Crippen molar-refractivity contribution in [2.75, 3.05) is 18.9 Å². The number of amides is 1. The minimum atomic E-state index is -0.605. The molecule has 1 aromatic rings. The van der Waals surface area contributed by atoms with Crippen molar-refractivity contribution in [3.63, 3.8) is 0 Å². The lowest BCUT2D eigenvalue weighted by atomic mass is 10.0. The van der Waals surface area contributed by atoms with E-state index in [1.54, 1.807) is 4.90 Å². The van der Waals surface area contributed by atoms with Gasteiger partial charge in [-0.1, -0.05) is 6.07 Å². The lowest BCUT2D eigenvalue weighted by Crippen LogP contribution is -2.45. The molecular formula is C13H17N3O4. The molecule has 1 unspecified atom stereocenters. The number of benzene rings is 1. The molecule has 0 radical (unpaired) electrons. The first-order valence-corrected chi connectivity index (χ1v) is 6.51. The van der Waals surface area contributed by atoms with Crippen LogP contribution in [0.15, 0.2) is 18.2 Å². The Morgan fingerprint density at radius 3 is 2.90 bits per heavy atom. The van der Waals surface area contributed by atoms with Crippen LogP contribution >= 0.6 is 0 Å². The maximum atomic E-state index is 12.5.